The number of hydrogen-bond donors (Lipinski definition) is 1. The summed E-state index contributed by atoms with van der Waals surface area (Å²) >= 11 is 5.91. The lowest BCUT2D eigenvalue weighted by Crippen LogP contribution is -2.16. The molecule has 1 heterocycles. The molecular weight excluding hydrogens is 246 g/mol. The van der Waals surface area contributed by atoms with Crippen molar-refractivity contribution in [3.63, 3.8) is 0 Å². The van der Waals surface area contributed by atoms with Gasteiger partial charge in [0.2, 0.25) is 0 Å². The van der Waals surface area contributed by atoms with Crippen LogP contribution in [0.4, 0.5) is 10.5 Å². The average molecular weight is 258 g/mol. The van der Waals surface area contributed by atoms with E-state index < -0.39 is 6.09 Å². The molecule has 1 saturated heterocycles. The highest BCUT2D eigenvalue weighted by molar-refractivity contribution is 6.32. The van der Waals surface area contributed by atoms with Crippen LogP contribution in [0.3, 0.4) is 0 Å². The Hall–Kier alpha value is -1.46. The molecule has 0 radical (unpaired) electrons. The summed E-state index contributed by atoms with van der Waals surface area (Å²) in [7, 11) is 1.53. The Kier molecular flexibility index (Phi) is 3.71. The highest BCUT2D eigenvalue weighted by atomic mass is 35.5. The van der Waals surface area contributed by atoms with Gasteiger partial charge in [-0.25, -0.2) is 4.79 Å². The summed E-state index contributed by atoms with van der Waals surface area (Å²) in [6.45, 7) is 0.928. The maximum absolute atomic E-state index is 11.3. The third kappa shape index (κ3) is 3.51. The van der Waals surface area contributed by atoms with Crippen molar-refractivity contribution in [2.75, 3.05) is 25.6 Å². The number of hydrogen-bond acceptors (Lipinski definition) is 4. The molecule has 1 aromatic carbocycles. The standard InChI is InChI=1S/C11H12ClNO4/c1-15-10-3-2-7(4-9(10)12)13-11(14)17-6-8-5-16-8/h2-4,8H,5-6H2,1H3,(H,13,14). The lowest BCUT2D eigenvalue weighted by Gasteiger charge is -2.08. The van der Waals surface area contributed by atoms with Gasteiger partial charge in [0.05, 0.1) is 18.7 Å². The van der Waals surface area contributed by atoms with Crippen molar-refractivity contribution in [3.8, 4) is 5.75 Å². The summed E-state index contributed by atoms with van der Waals surface area (Å²) < 4.78 is 14.8. The zero-order chi connectivity index (χ0) is 12.3. The summed E-state index contributed by atoms with van der Waals surface area (Å²) in [6, 6.07) is 4.94. The lowest BCUT2D eigenvalue weighted by molar-refractivity contribution is 0.150. The Balaban J connectivity index is 1.88. The number of nitrogens with one attached hydrogen (secondary N) is 1. The van der Waals surface area contributed by atoms with E-state index in [-0.39, 0.29) is 12.7 Å². The van der Waals surface area contributed by atoms with Gasteiger partial charge >= 0.3 is 6.09 Å². The molecule has 5 nitrogen and oxygen atoms in total. The molecule has 1 amide bonds. The molecular formula is C11H12ClNO4. The second-order valence-corrected chi connectivity index (χ2v) is 3.94. The van der Waals surface area contributed by atoms with Crippen molar-refractivity contribution in [2.45, 2.75) is 6.10 Å². The number of methoxy groups -OCH3 is 1. The Morgan fingerprint density at radius 1 is 1.65 bits per heavy atom. The van der Waals surface area contributed by atoms with E-state index in [1.54, 1.807) is 18.2 Å². The summed E-state index contributed by atoms with van der Waals surface area (Å²) in [4.78, 5) is 11.3. The number of anilines is 1. The predicted molar refractivity (Wildman–Crippen MR) is 62.7 cm³/mol. The molecule has 1 unspecified atom stereocenters. The van der Waals surface area contributed by atoms with Crippen LogP contribution in [0.25, 0.3) is 0 Å². The highest BCUT2D eigenvalue weighted by Gasteiger charge is 2.24. The minimum absolute atomic E-state index is 0.0557. The Labute approximate surface area is 104 Å². The van der Waals surface area contributed by atoms with E-state index in [1.807, 2.05) is 0 Å². The minimum atomic E-state index is -0.526. The molecule has 1 aromatic rings. The molecule has 0 spiro atoms. The van der Waals surface area contributed by atoms with E-state index in [4.69, 9.17) is 25.8 Å². The van der Waals surface area contributed by atoms with Gasteiger partial charge in [0.1, 0.15) is 18.5 Å². The molecule has 92 valence electrons. The van der Waals surface area contributed by atoms with Crippen LogP contribution in [0.5, 0.6) is 5.75 Å². The zero-order valence-electron chi connectivity index (χ0n) is 9.23. The molecule has 1 fully saturated rings. The van der Waals surface area contributed by atoms with E-state index in [0.717, 1.165) is 0 Å². The van der Waals surface area contributed by atoms with Crippen molar-refractivity contribution in [1.82, 2.24) is 0 Å². The molecule has 0 aliphatic carbocycles. The summed E-state index contributed by atoms with van der Waals surface area (Å²) in [5, 5.41) is 2.99. The van der Waals surface area contributed by atoms with Gasteiger partial charge in [0, 0.05) is 5.69 Å². The van der Waals surface area contributed by atoms with Gasteiger partial charge in [-0.15, -0.1) is 0 Å². The Morgan fingerprint density at radius 3 is 3.00 bits per heavy atom. The van der Waals surface area contributed by atoms with E-state index in [2.05, 4.69) is 5.32 Å². The Morgan fingerprint density at radius 2 is 2.41 bits per heavy atom. The number of rotatable bonds is 4. The first kappa shape index (κ1) is 12.0. The number of ether oxygens (including phenoxy) is 3. The van der Waals surface area contributed by atoms with E-state index in [0.29, 0.717) is 23.1 Å². The lowest BCUT2D eigenvalue weighted by atomic mass is 10.3. The van der Waals surface area contributed by atoms with Crippen LogP contribution in [0, 0.1) is 0 Å². The molecule has 1 aliphatic heterocycles. The monoisotopic (exact) mass is 257 g/mol. The van der Waals surface area contributed by atoms with E-state index >= 15 is 0 Å². The highest BCUT2D eigenvalue weighted by Crippen LogP contribution is 2.27. The topological polar surface area (TPSA) is 60.1 Å². The molecule has 1 N–H and O–H groups in total. The van der Waals surface area contributed by atoms with Crippen LogP contribution in [0.1, 0.15) is 0 Å². The molecule has 0 bridgehead atoms. The number of halogens is 1. The fourth-order valence-corrected chi connectivity index (χ4v) is 1.49. The number of epoxide rings is 1. The van der Waals surface area contributed by atoms with Crippen LogP contribution in [0.15, 0.2) is 18.2 Å². The zero-order valence-corrected chi connectivity index (χ0v) is 9.99. The number of benzene rings is 1. The van der Waals surface area contributed by atoms with Gasteiger partial charge in [-0.05, 0) is 18.2 Å². The first-order chi connectivity index (χ1) is 8.19. The van der Waals surface area contributed by atoms with Crippen LogP contribution in [-0.4, -0.2) is 32.5 Å². The second-order valence-electron chi connectivity index (χ2n) is 3.53. The molecule has 0 saturated carbocycles. The Bertz CT molecular complexity index is 420. The van der Waals surface area contributed by atoms with Crippen LogP contribution < -0.4 is 10.1 Å². The van der Waals surface area contributed by atoms with E-state index in [1.165, 1.54) is 7.11 Å². The van der Waals surface area contributed by atoms with Gasteiger partial charge in [-0.1, -0.05) is 11.6 Å². The maximum atomic E-state index is 11.3. The van der Waals surface area contributed by atoms with Crippen LogP contribution >= 0.6 is 11.6 Å². The smallest absolute Gasteiger partial charge is 0.411 e. The van der Waals surface area contributed by atoms with Gasteiger partial charge in [-0.2, -0.15) is 0 Å². The van der Waals surface area contributed by atoms with Crippen molar-refractivity contribution in [1.29, 1.82) is 0 Å². The number of carbonyl (C=O) groups is 1. The number of amides is 1. The summed E-state index contributed by atoms with van der Waals surface area (Å²) in [6.07, 6.45) is -0.470. The molecule has 2 rings (SSSR count). The van der Waals surface area contributed by atoms with Crippen molar-refractivity contribution in [3.05, 3.63) is 23.2 Å². The average Bonchev–Trinajstić information content (AvgIpc) is 3.10. The second kappa shape index (κ2) is 5.25. The first-order valence-electron chi connectivity index (χ1n) is 5.08. The van der Waals surface area contributed by atoms with Crippen LogP contribution in [0.2, 0.25) is 5.02 Å². The largest absolute Gasteiger partial charge is 0.495 e. The normalized spacial score (nSPS) is 17.4. The summed E-state index contributed by atoms with van der Waals surface area (Å²) in [5.74, 6) is 0.553. The molecule has 1 atom stereocenters. The molecule has 0 aromatic heterocycles. The summed E-state index contributed by atoms with van der Waals surface area (Å²) in [5.41, 5.74) is 0.553. The van der Waals surface area contributed by atoms with Gasteiger partial charge in [0.25, 0.3) is 0 Å². The van der Waals surface area contributed by atoms with Crippen LogP contribution in [-0.2, 0) is 9.47 Å². The fraction of sp³-hybridized carbons (Fsp3) is 0.364. The van der Waals surface area contributed by atoms with Crippen molar-refractivity contribution < 1.29 is 19.0 Å². The van der Waals surface area contributed by atoms with Crippen molar-refractivity contribution in [2.24, 2.45) is 0 Å². The van der Waals surface area contributed by atoms with Crippen molar-refractivity contribution >= 4 is 23.4 Å². The third-order valence-electron chi connectivity index (χ3n) is 2.20. The third-order valence-corrected chi connectivity index (χ3v) is 2.50. The SMILES string of the molecule is COc1ccc(NC(=O)OCC2CO2)cc1Cl. The van der Waals surface area contributed by atoms with Gasteiger partial charge in [0.15, 0.2) is 0 Å². The predicted octanol–water partition coefficient (Wildman–Crippen LogP) is 2.30. The maximum Gasteiger partial charge on any atom is 0.411 e. The minimum Gasteiger partial charge on any atom is -0.495 e. The van der Waals surface area contributed by atoms with E-state index in [9.17, 15) is 4.79 Å². The molecule has 6 heteroatoms. The number of carbonyl (C=O) groups excluding carboxylic acids is 1. The van der Waals surface area contributed by atoms with Gasteiger partial charge < -0.3 is 14.2 Å². The quantitative estimate of drug-likeness (QED) is 0.841. The fourth-order valence-electron chi connectivity index (χ4n) is 1.23. The van der Waals surface area contributed by atoms with Gasteiger partial charge in [-0.3, -0.25) is 5.32 Å². The molecule has 17 heavy (non-hydrogen) atoms. The first-order valence-corrected chi connectivity index (χ1v) is 5.46. The molecule has 1 aliphatic rings.